The number of halogens is 3. The van der Waals surface area contributed by atoms with Crippen LogP contribution in [0, 0.1) is 11.8 Å². The Labute approximate surface area is 156 Å². The van der Waals surface area contributed by atoms with E-state index in [1.54, 1.807) is 4.52 Å². The number of pyridine rings is 1. The molecule has 0 bridgehead atoms. The molecule has 11 heteroatoms. The molecule has 2 aliphatic rings. The van der Waals surface area contributed by atoms with Gasteiger partial charge in [-0.1, -0.05) is 11.3 Å². The van der Waals surface area contributed by atoms with Crippen LogP contribution in [0.5, 0.6) is 0 Å². The van der Waals surface area contributed by atoms with Crippen molar-refractivity contribution < 1.29 is 13.2 Å². The summed E-state index contributed by atoms with van der Waals surface area (Å²) in [4.78, 5) is 10.9. The fourth-order valence-electron chi connectivity index (χ4n) is 3.86. The molecule has 142 valence electrons. The van der Waals surface area contributed by atoms with Crippen molar-refractivity contribution in [3.63, 3.8) is 0 Å². The van der Waals surface area contributed by atoms with Crippen LogP contribution in [0.25, 0.3) is 16.2 Å². The van der Waals surface area contributed by atoms with E-state index < -0.39 is 17.6 Å². The van der Waals surface area contributed by atoms with Crippen LogP contribution in [0.4, 0.5) is 24.1 Å². The van der Waals surface area contributed by atoms with E-state index in [9.17, 15) is 13.2 Å². The summed E-state index contributed by atoms with van der Waals surface area (Å²) in [5.41, 5.74) is 5.19. The molecule has 3 N–H and O–H groups in total. The molecule has 3 aromatic rings. The Morgan fingerprint density at radius 2 is 1.89 bits per heavy atom. The summed E-state index contributed by atoms with van der Waals surface area (Å²) in [5, 5.41) is 8.85. The number of nitrogen functional groups attached to an aromatic ring is 1. The maximum absolute atomic E-state index is 13.1. The van der Waals surface area contributed by atoms with Gasteiger partial charge >= 0.3 is 6.18 Å². The number of nitrogens with one attached hydrogen (secondary N) is 1. The molecule has 0 radical (unpaired) electrons. The normalized spacial score (nSPS) is 22.7. The van der Waals surface area contributed by atoms with Gasteiger partial charge in [0.25, 0.3) is 0 Å². The lowest BCUT2D eigenvalue weighted by atomic mass is 10.0. The van der Waals surface area contributed by atoms with Gasteiger partial charge in [0.1, 0.15) is 5.82 Å². The molecular formula is C16H16F3N7S. The van der Waals surface area contributed by atoms with Crippen molar-refractivity contribution in [1.29, 1.82) is 0 Å². The third-order valence-electron chi connectivity index (χ3n) is 5.25. The van der Waals surface area contributed by atoms with E-state index in [4.69, 9.17) is 5.73 Å². The molecule has 2 fully saturated rings. The SMILES string of the molecule is Nc1ncc(-c2cnc3sc(N4C[C@H]5CNC[C@H]5C4)nn23)cc1C(F)(F)F. The Bertz CT molecular complexity index is 999. The first kappa shape index (κ1) is 16.8. The fraction of sp³-hybridized carbons (Fsp3) is 0.438. The number of hydrogen-bond donors (Lipinski definition) is 2. The second-order valence-electron chi connectivity index (χ2n) is 6.96. The molecule has 0 unspecified atom stereocenters. The molecule has 27 heavy (non-hydrogen) atoms. The van der Waals surface area contributed by atoms with Crippen LogP contribution in [0.1, 0.15) is 5.56 Å². The summed E-state index contributed by atoms with van der Waals surface area (Å²) in [7, 11) is 0. The number of hydrogen-bond acceptors (Lipinski definition) is 7. The van der Waals surface area contributed by atoms with Gasteiger partial charge in [0, 0.05) is 37.9 Å². The number of alkyl halides is 3. The number of nitrogens with two attached hydrogens (primary N) is 1. The van der Waals surface area contributed by atoms with E-state index >= 15 is 0 Å². The van der Waals surface area contributed by atoms with Gasteiger partial charge in [-0.05, 0) is 17.9 Å². The van der Waals surface area contributed by atoms with Crippen LogP contribution in [0.15, 0.2) is 18.5 Å². The largest absolute Gasteiger partial charge is 0.419 e. The quantitative estimate of drug-likeness (QED) is 0.692. The lowest BCUT2D eigenvalue weighted by molar-refractivity contribution is -0.137. The summed E-state index contributed by atoms with van der Waals surface area (Å²) >= 11 is 1.44. The van der Waals surface area contributed by atoms with Crippen LogP contribution in [-0.2, 0) is 6.18 Å². The van der Waals surface area contributed by atoms with Gasteiger partial charge in [0.15, 0.2) is 0 Å². The standard InChI is InChI=1S/C16H16F3N7S/c17-16(18,19)11-1-8(4-22-13(11)20)12-5-23-14-26(12)24-15(27-14)25-6-9-2-21-3-10(9)7-25/h1,4-5,9-10,21H,2-3,6-7H2,(H2,20,22)/t9-,10+. The maximum Gasteiger partial charge on any atom is 0.419 e. The van der Waals surface area contributed by atoms with Gasteiger partial charge < -0.3 is 16.0 Å². The third-order valence-corrected chi connectivity index (χ3v) is 6.24. The van der Waals surface area contributed by atoms with Crippen molar-refractivity contribution in [2.45, 2.75) is 6.18 Å². The van der Waals surface area contributed by atoms with Gasteiger partial charge in [0.05, 0.1) is 17.5 Å². The average Bonchev–Trinajstić information content (AvgIpc) is 3.33. The zero-order chi connectivity index (χ0) is 18.8. The first-order valence-electron chi connectivity index (χ1n) is 8.53. The van der Waals surface area contributed by atoms with Crippen LogP contribution >= 0.6 is 11.3 Å². The van der Waals surface area contributed by atoms with Crippen LogP contribution in [-0.4, -0.2) is 45.8 Å². The van der Waals surface area contributed by atoms with Gasteiger partial charge in [-0.25, -0.2) is 14.5 Å². The predicted molar refractivity (Wildman–Crippen MR) is 95.6 cm³/mol. The minimum Gasteiger partial charge on any atom is -0.383 e. The van der Waals surface area contributed by atoms with Crippen molar-refractivity contribution in [2.75, 3.05) is 36.8 Å². The van der Waals surface area contributed by atoms with Crippen LogP contribution < -0.4 is 16.0 Å². The van der Waals surface area contributed by atoms with E-state index in [1.165, 1.54) is 23.7 Å². The monoisotopic (exact) mass is 395 g/mol. The summed E-state index contributed by atoms with van der Waals surface area (Å²) in [6.07, 6.45) is -1.73. The third kappa shape index (κ3) is 2.72. The summed E-state index contributed by atoms with van der Waals surface area (Å²) in [5.74, 6) is 0.705. The van der Waals surface area contributed by atoms with Gasteiger partial charge in [-0.15, -0.1) is 5.10 Å². The lowest BCUT2D eigenvalue weighted by Gasteiger charge is -2.14. The molecule has 2 saturated heterocycles. The minimum atomic E-state index is -4.56. The van der Waals surface area contributed by atoms with Crippen molar-refractivity contribution in [2.24, 2.45) is 11.8 Å². The molecule has 2 aliphatic heterocycles. The van der Waals surface area contributed by atoms with Crippen molar-refractivity contribution in [3.8, 4) is 11.3 Å². The summed E-state index contributed by atoms with van der Waals surface area (Å²) in [6.45, 7) is 3.91. The highest BCUT2D eigenvalue weighted by Crippen LogP contribution is 2.37. The topological polar surface area (TPSA) is 84.4 Å². The zero-order valence-corrected chi connectivity index (χ0v) is 14.9. The van der Waals surface area contributed by atoms with E-state index in [-0.39, 0.29) is 5.56 Å². The smallest absolute Gasteiger partial charge is 0.383 e. The molecule has 5 rings (SSSR count). The number of imidazole rings is 1. The zero-order valence-electron chi connectivity index (χ0n) is 14.1. The van der Waals surface area contributed by atoms with E-state index in [0.29, 0.717) is 22.5 Å². The Morgan fingerprint density at radius 3 is 2.59 bits per heavy atom. The number of rotatable bonds is 2. The fourth-order valence-corrected chi connectivity index (χ4v) is 4.76. The van der Waals surface area contributed by atoms with Gasteiger partial charge in [-0.2, -0.15) is 13.2 Å². The molecule has 0 saturated carbocycles. The molecule has 0 amide bonds. The highest BCUT2D eigenvalue weighted by molar-refractivity contribution is 7.20. The van der Waals surface area contributed by atoms with Crippen molar-refractivity contribution in [3.05, 3.63) is 24.0 Å². The second kappa shape index (κ2) is 5.80. The van der Waals surface area contributed by atoms with E-state index in [1.807, 2.05) is 0 Å². The average molecular weight is 395 g/mol. The summed E-state index contributed by atoms with van der Waals surface area (Å²) < 4.78 is 41.0. The molecule has 3 aromatic heterocycles. The lowest BCUT2D eigenvalue weighted by Crippen LogP contribution is -2.25. The Morgan fingerprint density at radius 1 is 1.15 bits per heavy atom. The Balaban J connectivity index is 1.51. The molecular weight excluding hydrogens is 379 g/mol. The van der Waals surface area contributed by atoms with E-state index in [2.05, 4.69) is 25.3 Å². The number of fused-ring (bicyclic) bond motifs is 2. The van der Waals surface area contributed by atoms with Gasteiger partial charge in [0.2, 0.25) is 10.1 Å². The highest BCUT2D eigenvalue weighted by Gasteiger charge is 2.37. The van der Waals surface area contributed by atoms with E-state index in [0.717, 1.165) is 37.4 Å². The number of anilines is 2. The number of nitrogens with zero attached hydrogens (tertiary/aromatic N) is 5. The molecule has 0 spiro atoms. The first-order chi connectivity index (χ1) is 12.9. The minimum absolute atomic E-state index is 0.281. The highest BCUT2D eigenvalue weighted by atomic mass is 32.1. The van der Waals surface area contributed by atoms with Crippen molar-refractivity contribution in [1.82, 2.24) is 24.9 Å². The molecule has 0 aliphatic carbocycles. The first-order valence-corrected chi connectivity index (χ1v) is 9.35. The Hall–Kier alpha value is -2.40. The summed E-state index contributed by atoms with van der Waals surface area (Å²) in [6, 6.07) is 0.997. The van der Waals surface area contributed by atoms with Crippen LogP contribution in [0.2, 0.25) is 0 Å². The predicted octanol–water partition coefficient (Wildman–Crippen LogP) is 2.11. The molecule has 5 heterocycles. The van der Waals surface area contributed by atoms with Crippen molar-refractivity contribution >= 4 is 27.2 Å². The second-order valence-corrected chi connectivity index (χ2v) is 7.89. The van der Waals surface area contributed by atoms with Gasteiger partial charge in [-0.3, -0.25) is 0 Å². The van der Waals surface area contributed by atoms with Crippen LogP contribution in [0.3, 0.4) is 0 Å². The molecule has 0 aromatic carbocycles. The molecule has 2 atom stereocenters. The Kier molecular flexibility index (Phi) is 3.60. The maximum atomic E-state index is 13.1. The molecule has 7 nitrogen and oxygen atoms in total. The number of aromatic nitrogens is 4.